The highest BCUT2D eigenvalue weighted by Crippen LogP contribution is 2.10. The third kappa shape index (κ3) is 5.55. The molecule has 0 aromatic heterocycles. The summed E-state index contributed by atoms with van der Waals surface area (Å²) in [7, 11) is 0. The van der Waals surface area contributed by atoms with Crippen LogP contribution in [-0.4, -0.2) is 31.4 Å². The Morgan fingerprint density at radius 3 is 2.85 bits per heavy atom. The van der Waals surface area contributed by atoms with Crippen LogP contribution in [0.3, 0.4) is 0 Å². The van der Waals surface area contributed by atoms with Crippen LogP contribution < -0.4 is 16.0 Å². The van der Waals surface area contributed by atoms with Crippen molar-refractivity contribution < 1.29 is 9.59 Å². The minimum Gasteiger partial charge on any atom is -0.352 e. The number of nitrogens with one attached hydrogen (secondary N) is 3. The molecule has 3 N–H and O–H groups in total. The maximum Gasteiger partial charge on any atom is 0.251 e. The van der Waals surface area contributed by atoms with Crippen LogP contribution in [0.4, 0.5) is 5.69 Å². The molecule has 0 aliphatic heterocycles. The molecule has 20 heavy (non-hydrogen) atoms. The van der Waals surface area contributed by atoms with Crippen LogP contribution in [0.2, 0.25) is 0 Å². The van der Waals surface area contributed by atoms with Crippen LogP contribution in [0.15, 0.2) is 24.3 Å². The molecule has 0 aliphatic rings. The monoisotopic (exact) mass is 273 g/mol. The zero-order valence-corrected chi connectivity index (χ0v) is 11.5. The summed E-state index contributed by atoms with van der Waals surface area (Å²) in [6.07, 6.45) is 5.95. The van der Waals surface area contributed by atoms with E-state index < -0.39 is 0 Å². The van der Waals surface area contributed by atoms with E-state index in [1.165, 1.54) is 0 Å². The van der Waals surface area contributed by atoms with Gasteiger partial charge in [0, 0.05) is 17.8 Å². The quantitative estimate of drug-likeness (QED) is 0.512. The second-order valence-corrected chi connectivity index (χ2v) is 4.19. The molecular formula is C15H19N3O2. The first-order valence-electron chi connectivity index (χ1n) is 6.49. The van der Waals surface area contributed by atoms with E-state index in [0.717, 1.165) is 6.42 Å². The van der Waals surface area contributed by atoms with Gasteiger partial charge in [-0.3, -0.25) is 14.9 Å². The molecule has 0 unspecified atom stereocenters. The van der Waals surface area contributed by atoms with Crippen LogP contribution in [0.1, 0.15) is 23.7 Å². The highest BCUT2D eigenvalue weighted by molar-refractivity contribution is 5.97. The van der Waals surface area contributed by atoms with Crippen molar-refractivity contribution in [2.75, 3.05) is 25.0 Å². The second-order valence-electron chi connectivity index (χ2n) is 4.19. The van der Waals surface area contributed by atoms with E-state index >= 15 is 0 Å². The summed E-state index contributed by atoms with van der Waals surface area (Å²) in [5.41, 5.74) is 1.11. The van der Waals surface area contributed by atoms with E-state index in [2.05, 4.69) is 21.9 Å². The smallest absolute Gasteiger partial charge is 0.251 e. The summed E-state index contributed by atoms with van der Waals surface area (Å²) in [6.45, 7) is 3.09. The fourth-order valence-corrected chi connectivity index (χ4v) is 1.53. The number of carbonyl (C=O) groups excluding carboxylic acids is 2. The lowest BCUT2D eigenvalue weighted by Gasteiger charge is -2.08. The first kappa shape index (κ1) is 15.7. The Bertz CT molecular complexity index is 506. The summed E-state index contributed by atoms with van der Waals surface area (Å²) in [5, 5.41) is 8.28. The zero-order valence-electron chi connectivity index (χ0n) is 11.5. The van der Waals surface area contributed by atoms with Crippen molar-refractivity contribution in [3.8, 4) is 12.3 Å². The van der Waals surface area contributed by atoms with Crippen molar-refractivity contribution in [1.29, 1.82) is 0 Å². The van der Waals surface area contributed by atoms with Crippen molar-refractivity contribution in [2.45, 2.75) is 13.3 Å². The van der Waals surface area contributed by atoms with Gasteiger partial charge < -0.3 is 10.6 Å². The first-order chi connectivity index (χ1) is 9.67. The molecule has 0 spiro atoms. The molecule has 5 nitrogen and oxygen atoms in total. The number of hydrogen-bond donors (Lipinski definition) is 3. The van der Waals surface area contributed by atoms with Gasteiger partial charge in [-0.05, 0) is 24.6 Å². The Kier molecular flexibility index (Phi) is 6.87. The standard InChI is InChI=1S/C15H19N3O2/c1-3-8-16-11-14(19)18-13-7-5-6-12(10-13)15(20)17-9-4-2/h1,5-7,10,16H,4,8-9,11H2,2H3,(H,17,20)(H,18,19). The van der Waals surface area contributed by atoms with Crippen molar-refractivity contribution in [3.63, 3.8) is 0 Å². The van der Waals surface area contributed by atoms with Gasteiger partial charge in [0.15, 0.2) is 0 Å². The predicted molar refractivity (Wildman–Crippen MR) is 79.4 cm³/mol. The molecule has 0 fully saturated rings. The van der Waals surface area contributed by atoms with Gasteiger partial charge in [-0.2, -0.15) is 0 Å². The number of anilines is 1. The lowest BCUT2D eigenvalue weighted by molar-refractivity contribution is -0.115. The van der Waals surface area contributed by atoms with Crippen LogP contribution >= 0.6 is 0 Å². The average Bonchev–Trinajstić information content (AvgIpc) is 2.45. The van der Waals surface area contributed by atoms with Crippen molar-refractivity contribution in [3.05, 3.63) is 29.8 Å². The third-order valence-corrected chi connectivity index (χ3v) is 2.46. The highest BCUT2D eigenvalue weighted by atomic mass is 16.2. The molecule has 5 heteroatoms. The maximum atomic E-state index is 11.8. The van der Waals surface area contributed by atoms with E-state index in [1.807, 2.05) is 6.92 Å². The molecule has 1 aromatic carbocycles. The molecule has 2 amide bonds. The molecule has 0 saturated heterocycles. The van der Waals surface area contributed by atoms with Crippen LogP contribution in [0.5, 0.6) is 0 Å². The van der Waals surface area contributed by atoms with Gasteiger partial charge in [0.05, 0.1) is 13.1 Å². The second kappa shape index (κ2) is 8.73. The molecule has 0 heterocycles. The largest absolute Gasteiger partial charge is 0.352 e. The van der Waals surface area contributed by atoms with Crippen molar-refractivity contribution in [2.24, 2.45) is 0 Å². The van der Waals surface area contributed by atoms with Gasteiger partial charge in [-0.25, -0.2) is 0 Å². The van der Waals surface area contributed by atoms with Crippen molar-refractivity contribution in [1.82, 2.24) is 10.6 Å². The van der Waals surface area contributed by atoms with Crippen molar-refractivity contribution >= 4 is 17.5 Å². The fourth-order valence-electron chi connectivity index (χ4n) is 1.53. The molecule has 1 rings (SSSR count). The molecule has 0 atom stereocenters. The Labute approximate surface area is 119 Å². The van der Waals surface area contributed by atoms with Gasteiger partial charge in [0.25, 0.3) is 5.91 Å². The predicted octanol–water partition coefficient (Wildman–Crippen LogP) is 0.988. The lowest BCUT2D eigenvalue weighted by atomic mass is 10.2. The van der Waals surface area contributed by atoms with Crippen LogP contribution in [0.25, 0.3) is 0 Å². The number of carbonyl (C=O) groups is 2. The Morgan fingerprint density at radius 1 is 1.35 bits per heavy atom. The summed E-state index contributed by atoms with van der Waals surface area (Å²) >= 11 is 0. The van der Waals surface area contributed by atoms with Gasteiger partial charge in [-0.15, -0.1) is 6.42 Å². The summed E-state index contributed by atoms with van der Waals surface area (Å²) in [6, 6.07) is 6.81. The number of benzene rings is 1. The van der Waals surface area contributed by atoms with E-state index in [9.17, 15) is 9.59 Å². The first-order valence-corrected chi connectivity index (χ1v) is 6.49. The number of rotatable bonds is 7. The average molecular weight is 273 g/mol. The van der Waals surface area contributed by atoms with E-state index in [1.54, 1.807) is 24.3 Å². The number of amides is 2. The van der Waals surface area contributed by atoms with E-state index in [0.29, 0.717) is 24.3 Å². The SMILES string of the molecule is C#CCNCC(=O)Nc1cccc(C(=O)NCCC)c1. The molecule has 1 aromatic rings. The fraction of sp³-hybridized carbons (Fsp3) is 0.333. The Morgan fingerprint density at radius 2 is 2.15 bits per heavy atom. The summed E-state index contributed by atoms with van der Waals surface area (Å²) in [5.74, 6) is 2.04. The minimum atomic E-state index is -0.202. The number of terminal acetylenes is 1. The molecule has 0 radical (unpaired) electrons. The molecule has 0 bridgehead atoms. The van der Waals surface area contributed by atoms with Crippen LogP contribution in [-0.2, 0) is 4.79 Å². The van der Waals surface area contributed by atoms with Crippen LogP contribution in [0, 0.1) is 12.3 Å². The van der Waals surface area contributed by atoms with Gasteiger partial charge in [0.2, 0.25) is 5.91 Å². The van der Waals surface area contributed by atoms with Gasteiger partial charge in [-0.1, -0.05) is 18.9 Å². The van der Waals surface area contributed by atoms with Gasteiger partial charge >= 0.3 is 0 Å². The zero-order chi connectivity index (χ0) is 14.8. The summed E-state index contributed by atoms with van der Waals surface area (Å²) < 4.78 is 0. The minimum absolute atomic E-state index is 0.135. The third-order valence-electron chi connectivity index (χ3n) is 2.46. The van der Waals surface area contributed by atoms with E-state index in [4.69, 9.17) is 6.42 Å². The Hall–Kier alpha value is -2.32. The highest BCUT2D eigenvalue weighted by Gasteiger charge is 2.06. The molecular weight excluding hydrogens is 254 g/mol. The molecule has 106 valence electrons. The lowest BCUT2D eigenvalue weighted by Crippen LogP contribution is -2.28. The summed E-state index contributed by atoms with van der Waals surface area (Å²) in [4.78, 5) is 23.4. The normalized spacial score (nSPS) is 9.60. The maximum absolute atomic E-state index is 11.8. The topological polar surface area (TPSA) is 70.2 Å². The van der Waals surface area contributed by atoms with Gasteiger partial charge in [0.1, 0.15) is 0 Å². The Balaban J connectivity index is 2.57. The number of hydrogen-bond acceptors (Lipinski definition) is 3. The molecule has 0 saturated carbocycles. The molecule has 0 aliphatic carbocycles. The van der Waals surface area contributed by atoms with E-state index in [-0.39, 0.29) is 18.4 Å².